The molecule has 2 rings (SSSR count). The molecule has 0 saturated carbocycles. The molecule has 0 aliphatic rings. The van der Waals surface area contributed by atoms with E-state index in [1.54, 1.807) is 7.11 Å². The van der Waals surface area contributed by atoms with Crippen LogP contribution in [0.15, 0.2) is 34.8 Å². The predicted molar refractivity (Wildman–Crippen MR) is 92.2 cm³/mol. The molecule has 3 heteroatoms. The largest absolute Gasteiger partial charge is 0.496 e. The summed E-state index contributed by atoms with van der Waals surface area (Å²) in [5.41, 5.74) is 6.09. The average Bonchev–Trinajstić information content (AvgIpc) is 2.46. The van der Waals surface area contributed by atoms with Crippen LogP contribution in [-0.4, -0.2) is 14.2 Å². The molecule has 0 amide bonds. The standard InChI is InChI=1S/C18H22BrNO/c1-11-8-6-7-9-14(11)17(20-4)16-13(3)15(19)10-12(2)18(16)21-5/h6-10,17,20H,1-5H3. The monoisotopic (exact) mass is 347 g/mol. The normalized spacial score (nSPS) is 12.3. The first-order valence-corrected chi connectivity index (χ1v) is 7.87. The molecule has 0 aliphatic carbocycles. The molecule has 0 spiro atoms. The lowest BCUT2D eigenvalue weighted by atomic mass is 9.90. The van der Waals surface area contributed by atoms with Crippen LogP contribution in [0.2, 0.25) is 0 Å². The average molecular weight is 348 g/mol. The van der Waals surface area contributed by atoms with Gasteiger partial charge in [0.15, 0.2) is 0 Å². The van der Waals surface area contributed by atoms with Gasteiger partial charge in [0.2, 0.25) is 0 Å². The van der Waals surface area contributed by atoms with E-state index < -0.39 is 0 Å². The molecule has 0 bridgehead atoms. The summed E-state index contributed by atoms with van der Waals surface area (Å²) in [4.78, 5) is 0. The van der Waals surface area contributed by atoms with Gasteiger partial charge in [-0.05, 0) is 56.1 Å². The third-order valence-electron chi connectivity index (χ3n) is 3.99. The highest BCUT2D eigenvalue weighted by atomic mass is 79.9. The first kappa shape index (κ1) is 16.1. The summed E-state index contributed by atoms with van der Waals surface area (Å²) in [6.07, 6.45) is 0. The number of methoxy groups -OCH3 is 1. The Labute approximate surface area is 135 Å². The molecular weight excluding hydrogens is 326 g/mol. The van der Waals surface area contributed by atoms with Crippen LogP contribution in [-0.2, 0) is 0 Å². The van der Waals surface area contributed by atoms with E-state index in [2.05, 4.69) is 72.3 Å². The fourth-order valence-corrected chi connectivity index (χ4v) is 3.42. The van der Waals surface area contributed by atoms with E-state index in [1.165, 1.54) is 22.3 Å². The number of aryl methyl sites for hydroxylation is 2. The number of hydrogen-bond donors (Lipinski definition) is 1. The van der Waals surface area contributed by atoms with Crippen molar-refractivity contribution >= 4 is 15.9 Å². The fraction of sp³-hybridized carbons (Fsp3) is 0.333. The Morgan fingerprint density at radius 3 is 2.33 bits per heavy atom. The van der Waals surface area contributed by atoms with Crippen molar-refractivity contribution in [2.45, 2.75) is 26.8 Å². The minimum absolute atomic E-state index is 0.109. The molecule has 0 fully saturated rings. The van der Waals surface area contributed by atoms with Gasteiger partial charge in [-0.25, -0.2) is 0 Å². The van der Waals surface area contributed by atoms with Gasteiger partial charge in [0.1, 0.15) is 5.75 Å². The minimum atomic E-state index is 0.109. The summed E-state index contributed by atoms with van der Waals surface area (Å²) < 4.78 is 6.81. The first-order valence-electron chi connectivity index (χ1n) is 7.07. The summed E-state index contributed by atoms with van der Waals surface area (Å²) in [5, 5.41) is 3.44. The van der Waals surface area contributed by atoms with Gasteiger partial charge in [-0.15, -0.1) is 0 Å². The second kappa shape index (κ2) is 6.63. The minimum Gasteiger partial charge on any atom is -0.496 e. The van der Waals surface area contributed by atoms with Gasteiger partial charge in [0.05, 0.1) is 13.2 Å². The summed E-state index contributed by atoms with van der Waals surface area (Å²) >= 11 is 3.67. The maximum Gasteiger partial charge on any atom is 0.127 e. The molecule has 0 aliphatic heterocycles. The van der Waals surface area contributed by atoms with Crippen LogP contribution < -0.4 is 10.1 Å². The van der Waals surface area contributed by atoms with Crippen molar-refractivity contribution in [3.05, 3.63) is 62.6 Å². The third-order valence-corrected chi connectivity index (χ3v) is 4.81. The second-order valence-corrected chi connectivity index (χ2v) is 6.18. The molecular formula is C18H22BrNO. The molecule has 112 valence electrons. The highest BCUT2D eigenvalue weighted by molar-refractivity contribution is 9.10. The molecule has 1 unspecified atom stereocenters. The quantitative estimate of drug-likeness (QED) is 0.865. The molecule has 2 aromatic rings. The molecule has 0 aromatic heterocycles. The van der Waals surface area contributed by atoms with Crippen molar-refractivity contribution in [2.24, 2.45) is 0 Å². The number of nitrogens with one attached hydrogen (secondary N) is 1. The Balaban J connectivity index is 2.71. The van der Waals surface area contributed by atoms with Crippen LogP contribution >= 0.6 is 15.9 Å². The van der Waals surface area contributed by atoms with E-state index in [9.17, 15) is 0 Å². The van der Waals surface area contributed by atoms with E-state index in [-0.39, 0.29) is 6.04 Å². The van der Waals surface area contributed by atoms with E-state index in [0.717, 1.165) is 15.8 Å². The van der Waals surface area contributed by atoms with Gasteiger partial charge in [-0.3, -0.25) is 0 Å². The van der Waals surface area contributed by atoms with Gasteiger partial charge >= 0.3 is 0 Å². The Morgan fingerprint density at radius 2 is 1.76 bits per heavy atom. The van der Waals surface area contributed by atoms with Crippen molar-refractivity contribution in [3.8, 4) is 5.75 Å². The van der Waals surface area contributed by atoms with Gasteiger partial charge in [-0.2, -0.15) is 0 Å². The van der Waals surface area contributed by atoms with E-state index in [1.807, 2.05) is 7.05 Å². The number of benzene rings is 2. The number of rotatable bonds is 4. The molecule has 2 aromatic carbocycles. The van der Waals surface area contributed by atoms with Crippen molar-refractivity contribution < 1.29 is 4.74 Å². The molecule has 2 nitrogen and oxygen atoms in total. The highest BCUT2D eigenvalue weighted by Crippen LogP contribution is 2.39. The van der Waals surface area contributed by atoms with Crippen LogP contribution in [0.4, 0.5) is 0 Å². The van der Waals surface area contributed by atoms with Crippen LogP contribution in [0.1, 0.15) is 33.9 Å². The Bertz CT molecular complexity index is 652. The molecule has 0 radical (unpaired) electrons. The SMILES string of the molecule is CNC(c1ccccc1C)c1c(C)c(Br)cc(C)c1OC. The zero-order valence-corrected chi connectivity index (χ0v) is 14.8. The van der Waals surface area contributed by atoms with Crippen molar-refractivity contribution in [1.82, 2.24) is 5.32 Å². The zero-order chi connectivity index (χ0) is 15.6. The van der Waals surface area contributed by atoms with Crippen molar-refractivity contribution in [3.63, 3.8) is 0 Å². The lowest BCUT2D eigenvalue weighted by molar-refractivity contribution is 0.401. The molecule has 0 saturated heterocycles. The van der Waals surface area contributed by atoms with Crippen LogP contribution in [0.3, 0.4) is 0 Å². The molecule has 21 heavy (non-hydrogen) atoms. The van der Waals surface area contributed by atoms with E-state index in [0.29, 0.717) is 0 Å². The summed E-state index contributed by atoms with van der Waals surface area (Å²) in [7, 11) is 3.73. The van der Waals surface area contributed by atoms with Crippen molar-refractivity contribution in [2.75, 3.05) is 14.2 Å². The highest BCUT2D eigenvalue weighted by Gasteiger charge is 2.23. The third kappa shape index (κ3) is 2.99. The molecule has 0 heterocycles. The Morgan fingerprint density at radius 1 is 1.10 bits per heavy atom. The fourth-order valence-electron chi connectivity index (χ4n) is 2.86. The van der Waals surface area contributed by atoms with Gasteiger partial charge in [0.25, 0.3) is 0 Å². The number of hydrogen-bond acceptors (Lipinski definition) is 2. The predicted octanol–water partition coefficient (Wildman–Crippen LogP) is 4.69. The van der Waals surface area contributed by atoms with E-state index >= 15 is 0 Å². The summed E-state index contributed by atoms with van der Waals surface area (Å²) in [6.45, 7) is 6.35. The molecule has 1 atom stereocenters. The van der Waals surface area contributed by atoms with Crippen LogP contribution in [0.25, 0.3) is 0 Å². The number of halogens is 1. The Hall–Kier alpha value is -1.32. The zero-order valence-electron chi connectivity index (χ0n) is 13.3. The first-order chi connectivity index (χ1) is 10.0. The van der Waals surface area contributed by atoms with Crippen LogP contribution in [0, 0.1) is 20.8 Å². The van der Waals surface area contributed by atoms with Crippen molar-refractivity contribution in [1.29, 1.82) is 0 Å². The maximum atomic E-state index is 5.70. The van der Waals surface area contributed by atoms with E-state index in [4.69, 9.17) is 4.74 Å². The second-order valence-electron chi connectivity index (χ2n) is 5.33. The van der Waals surface area contributed by atoms with Gasteiger partial charge in [0, 0.05) is 10.0 Å². The summed E-state index contributed by atoms with van der Waals surface area (Å²) in [6, 6.07) is 10.7. The maximum absolute atomic E-state index is 5.70. The van der Waals surface area contributed by atoms with Gasteiger partial charge < -0.3 is 10.1 Å². The number of ether oxygens (including phenoxy) is 1. The lowest BCUT2D eigenvalue weighted by Gasteiger charge is -2.25. The molecule has 1 N–H and O–H groups in total. The lowest BCUT2D eigenvalue weighted by Crippen LogP contribution is -2.21. The summed E-state index contributed by atoms with van der Waals surface area (Å²) in [5.74, 6) is 0.957. The van der Waals surface area contributed by atoms with Crippen LogP contribution in [0.5, 0.6) is 5.75 Å². The smallest absolute Gasteiger partial charge is 0.127 e. The van der Waals surface area contributed by atoms with Gasteiger partial charge in [-0.1, -0.05) is 40.2 Å². The Kier molecular flexibility index (Phi) is 5.07. The topological polar surface area (TPSA) is 21.3 Å².